The molecule has 58 valence electrons. The summed E-state index contributed by atoms with van der Waals surface area (Å²) in [5, 5.41) is 0. The summed E-state index contributed by atoms with van der Waals surface area (Å²) in [7, 11) is 0. The maximum absolute atomic E-state index is 3.29. The second-order valence-corrected chi connectivity index (χ2v) is 3.52. The molecule has 0 amide bonds. The van der Waals surface area contributed by atoms with Crippen molar-refractivity contribution in [3.63, 3.8) is 0 Å². The average molecular weight is 259 g/mol. The summed E-state index contributed by atoms with van der Waals surface area (Å²) < 4.78 is 3.29. The first-order valence-electron chi connectivity index (χ1n) is 3.86. The van der Waals surface area contributed by atoms with Crippen LogP contribution in [0, 0.1) is 0 Å². The first-order chi connectivity index (χ1) is 5.42. The van der Waals surface area contributed by atoms with Crippen LogP contribution in [0.2, 0.25) is 0 Å². The van der Waals surface area contributed by atoms with Crippen molar-refractivity contribution in [3.8, 4) is 0 Å². The predicted octanol–water partition coefficient (Wildman–Crippen LogP) is 2.61. The molecule has 1 aliphatic rings. The van der Waals surface area contributed by atoms with Gasteiger partial charge in [0.15, 0.2) is 0 Å². The molecular weight excluding hydrogens is 249 g/mol. The van der Waals surface area contributed by atoms with Gasteiger partial charge < -0.3 is 0 Å². The van der Waals surface area contributed by atoms with Gasteiger partial charge in [0.2, 0.25) is 0 Å². The molecule has 11 heavy (non-hydrogen) atoms. The summed E-state index contributed by atoms with van der Waals surface area (Å²) in [6.07, 6.45) is 2.49. The number of nitrogens with one attached hydrogen (secondary N) is 1. The summed E-state index contributed by atoms with van der Waals surface area (Å²) in [4.78, 5) is 0. The lowest BCUT2D eigenvalue weighted by molar-refractivity contribution is 0.684. The van der Waals surface area contributed by atoms with Crippen LogP contribution in [-0.2, 0) is 6.42 Å². The van der Waals surface area contributed by atoms with Crippen molar-refractivity contribution >= 4 is 22.9 Å². The highest BCUT2D eigenvalue weighted by atomic mass is 127. The Balaban J connectivity index is 2.39. The van der Waals surface area contributed by atoms with Crippen molar-refractivity contribution in [3.05, 3.63) is 35.4 Å². The van der Waals surface area contributed by atoms with Crippen LogP contribution in [0.4, 0.5) is 0 Å². The molecule has 1 N–H and O–H groups in total. The van der Waals surface area contributed by atoms with E-state index in [4.69, 9.17) is 0 Å². The lowest BCUT2D eigenvalue weighted by Crippen LogP contribution is -2.05. The zero-order valence-corrected chi connectivity index (χ0v) is 8.34. The van der Waals surface area contributed by atoms with E-state index in [1.165, 1.54) is 24.0 Å². The second kappa shape index (κ2) is 3.11. The summed E-state index contributed by atoms with van der Waals surface area (Å²) in [6.45, 7) is 0. The Kier molecular flexibility index (Phi) is 2.13. The molecule has 1 aliphatic carbocycles. The minimum Gasteiger partial charge on any atom is -0.254 e. The van der Waals surface area contributed by atoms with E-state index < -0.39 is 0 Å². The summed E-state index contributed by atoms with van der Waals surface area (Å²) >= 11 is 2.24. The van der Waals surface area contributed by atoms with Gasteiger partial charge in [0.1, 0.15) is 0 Å². The Morgan fingerprint density at radius 1 is 1.36 bits per heavy atom. The van der Waals surface area contributed by atoms with E-state index in [2.05, 4.69) is 50.7 Å². The van der Waals surface area contributed by atoms with Gasteiger partial charge in [-0.1, -0.05) is 24.3 Å². The lowest BCUT2D eigenvalue weighted by atomic mass is 10.1. The van der Waals surface area contributed by atoms with Crippen molar-refractivity contribution in [1.82, 2.24) is 3.53 Å². The monoisotopic (exact) mass is 259 g/mol. The summed E-state index contributed by atoms with van der Waals surface area (Å²) in [6, 6.07) is 9.27. The van der Waals surface area contributed by atoms with Gasteiger partial charge in [-0.2, -0.15) is 0 Å². The van der Waals surface area contributed by atoms with Gasteiger partial charge in [-0.3, -0.25) is 3.53 Å². The maximum atomic E-state index is 3.29. The number of benzene rings is 1. The number of rotatable bonds is 1. The number of aryl methyl sites for hydroxylation is 1. The third-order valence-corrected chi connectivity index (χ3v) is 3.02. The largest absolute Gasteiger partial charge is 0.254 e. The molecule has 2 rings (SSSR count). The Bertz CT molecular complexity index is 259. The van der Waals surface area contributed by atoms with Crippen LogP contribution in [0.3, 0.4) is 0 Å². The average Bonchev–Trinajstić information content (AvgIpc) is 2.47. The highest BCUT2D eigenvalue weighted by molar-refractivity contribution is 14.1. The third-order valence-electron chi connectivity index (χ3n) is 2.26. The van der Waals surface area contributed by atoms with E-state index >= 15 is 0 Å². The van der Waals surface area contributed by atoms with Crippen LogP contribution < -0.4 is 3.53 Å². The lowest BCUT2D eigenvalue weighted by Gasteiger charge is -2.06. The smallest absolute Gasteiger partial charge is 0.0418 e. The van der Waals surface area contributed by atoms with Gasteiger partial charge in [0.05, 0.1) is 0 Å². The van der Waals surface area contributed by atoms with Crippen LogP contribution in [-0.4, -0.2) is 0 Å². The Morgan fingerprint density at radius 2 is 2.18 bits per heavy atom. The van der Waals surface area contributed by atoms with E-state index in [9.17, 15) is 0 Å². The Labute approximate surface area is 80.7 Å². The molecule has 2 heteroatoms. The number of halogens is 1. The van der Waals surface area contributed by atoms with Gasteiger partial charge >= 0.3 is 0 Å². The molecule has 0 radical (unpaired) electrons. The minimum absolute atomic E-state index is 0.590. The van der Waals surface area contributed by atoms with E-state index in [0.717, 1.165) is 0 Å². The van der Waals surface area contributed by atoms with Crippen LogP contribution >= 0.6 is 22.9 Å². The summed E-state index contributed by atoms with van der Waals surface area (Å²) in [5.74, 6) is 0. The van der Waals surface area contributed by atoms with E-state index in [-0.39, 0.29) is 0 Å². The van der Waals surface area contributed by atoms with Crippen molar-refractivity contribution in [1.29, 1.82) is 0 Å². The molecule has 1 nitrogen and oxygen atoms in total. The van der Waals surface area contributed by atoms with Crippen molar-refractivity contribution in [2.45, 2.75) is 18.9 Å². The quantitative estimate of drug-likeness (QED) is 0.603. The standard InChI is InChI=1S/C9H10IN/c10-11-9-6-5-7-3-1-2-4-8(7)9/h1-4,9,11H,5-6H2/t9-/m1/s1. The maximum Gasteiger partial charge on any atom is 0.0418 e. The fraction of sp³-hybridized carbons (Fsp3) is 0.333. The van der Waals surface area contributed by atoms with Gasteiger partial charge in [0.25, 0.3) is 0 Å². The van der Waals surface area contributed by atoms with Gasteiger partial charge in [0, 0.05) is 28.9 Å². The molecule has 0 heterocycles. The second-order valence-electron chi connectivity index (χ2n) is 2.90. The zero-order chi connectivity index (χ0) is 7.68. The molecule has 0 unspecified atom stereocenters. The van der Waals surface area contributed by atoms with Crippen molar-refractivity contribution in [2.75, 3.05) is 0 Å². The third kappa shape index (κ3) is 1.29. The molecule has 0 fully saturated rings. The molecule has 0 saturated carbocycles. The first kappa shape index (κ1) is 7.55. The Hall–Kier alpha value is -0.0900. The van der Waals surface area contributed by atoms with Gasteiger partial charge in [-0.25, -0.2) is 0 Å². The highest BCUT2D eigenvalue weighted by Gasteiger charge is 2.19. The fourth-order valence-electron chi connectivity index (χ4n) is 1.67. The van der Waals surface area contributed by atoms with Crippen LogP contribution in [0.1, 0.15) is 23.6 Å². The van der Waals surface area contributed by atoms with Crippen LogP contribution in [0.15, 0.2) is 24.3 Å². The predicted molar refractivity (Wildman–Crippen MR) is 54.7 cm³/mol. The molecule has 0 saturated heterocycles. The van der Waals surface area contributed by atoms with Crippen molar-refractivity contribution in [2.24, 2.45) is 0 Å². The normalized spacial score (nSPS) is 21.7. The zero-order valence-electron chi connectivity index (χ0n) is 6.18. The number of hydrogen-bond acceptors (Lipinski definition) is 1. The highest BCUT2D eigenvalue weighted by Crippen LogP contribution is 2.30. The van der Waals surface area contributed by atoms with Gasteiger partial charge in [-0.05, 0) is 24.0 Å². The number of hydrogen-bond donors (Lipinski definition) is 1. The van der Waals surface area contributed by atoms with E-state index in [0.29, 0.717) is 6.04 Å². The van der Waals surface area contributed by atoms with Crippen molar-refractivity contribution < 1.29 is 0 Å². The molecule has 1 aromatic rings. The molecule has 0 aromatic heterocycles. The van der Waals surface area contributed by atoms with Crippen LogP contribution in [0.25, 0.3) is 0 Å². The number of fused-ring (bicyclic) bond motifs is 1. The minimum atomic E-state index is 0.590. The fourth-order valence-corrected chi connectivity index (χ4v) is 2.32. The van der Waals surface area contributed by atoms with Gasteiger partial charge in [-0.15, -0.1) is 0 Å². The first-order valence-corrected chi connectivity index (χ1v) is 4.93. The summed E-state index contributed by atoms with van der Waals surface area (Å²) in [5.41, 5.74) is 3.00. The molecule has 0 bridgehead atoms. The molecule has 1 atom stereocenters. The van der Waals surface area contributed by atoms with E-state index in [1.807, 2.05) is 0 Å². The SMILES string of the molecule is IN[C@@H]1CCc2ccccc21. The molecular formula is C9H10IN. The topological polar surface area (TPSA) is 12.0 Å². The molecule has 1 aromatic carbocycles. The van der Waals surface area contributed by atoms with Crippen LogP contribution in [0.5, 0.6) is 0 Å². The Morgan fingerprint density at radius 3 is 3.00 bits per heavy atom. The molecule has 0 spiro atoms. The molecule has 0 aliphatic heterocycles. The van der Waals surface area contributed by atoms with E-state index in [1.54, 1.807) is 0 Å².